The SMILES string of the molecule is Cc1ccsc1-c1nc2sc(-c3ccccc3)cc2c(=O)[nH]1. The van der Waals surface area contributed by atoms with Gasteiger partial charge in [0.05, 0.1) is 10.3 Å². The van der Waals surface area contributed by atoms with Gasteiger partial charge in [-0.3, -0.25) is 4.79 Å². The molecule has 0 bridgehead atoms. The zero-order valence-electron chi connectivity index (χ0n) is 11.8. The Bertz CT molecular complexity index is 1010. The van der Waals surface area contributed by atoms with E-state index >= 15 is 0 Å². The van der Waals surface area contributed by atoms with Crippen LogP contribution in [-0.2, 0) is 0 Å². The van der Waals surface area contributed by atoms with Gasteiger partial charge < -0.3 is 4.98 Å². The molecule has 22 heavy (non-hydrogen) atoms. The Hall–Kier alpha value is -2.24. The maximum Gasteiger partial charge on any atom is 0.259 e. The Morgan fingerprint density at radius 2 is 1.95 bits per heavy atom. The molecule has 3 nitrogen and oxygen atoms in total. The molecule has 0 saturated carbocycles. The molecule has 0 atom stereocenters. The molecule has 1 N–H and O–H groups in total. The molecule has 0 aliphatic heterocycles. The topological polar surface area (TPSA) is 45.8 Å². The number of nitrogens with one attached hydrogen (secondary N) is 1. The summed E-state index contributed by atoms with van der Waals surface area (Å²) in [7, 11) is 0. The Morgan fingerprint density at radius 1 is 1.14 bits per heavy atom. The van der Waals surface area contributed by atoms with E-state index in [1.165, 1.54) is 0 Å². The van der Waals surface area contributed by atoms with Crippen LogP contribution in [0.5, 0.6) is 0 Å². The van der Waals surface area contributed by atoms with Crippen LogP contribution < -0.4 is 5.56 Å². The van der Waals surface area contributed by atoms with Gasteiger partial charge in [-0.1, -0.05) is 30.3 Å². The number of aromatic nitrogens is 2. The normalized spacial score (nSPS) is 11.1. The minimum Gasteiger partial charge on any atom is -0.305 e. The molecule has 4 rings (SSSR count). The minimum absolute atomic E-state index is 0.0776. The van der Waals surface area contributed by atoms with Crippen molar-refractivity contribution in [2.45, 2.75) is 6.92 Å². The number of fused-ring (bicyclic) bond motifs is 1. The molecule has 0 spiro atoms. The number of rotatable bonds is 2. The largest absolute Gasteiger partial charge is 0.305 e. The quantitative estimate of drug-likeness (QED) is 0.581. The first-order valence-corrected chi connectivity index (χ1v) is 8.56. The first-order chi connectivity index (χ1) is 10.7. The third-order valence-corrected chi connectivity index (χ3v) is 5.64. The summed E-state index contributed by atoms with van der Waals surface area (Å²) in [6.07, 6.45) is 0. The van der Waals surface area contributed by atoms with Crippen LogP contribution >= 0.6 is 22.7 Å². The number of aryl methyl sites for hydroxylation is 1. The van der Waals surface area contributed by atoms with Gasteiger partial charge in [-0.15, -0.1) is 22.7 Å². The molecular weight excluding hydrogens is 312 g/mol. The zero-order valence-corrected chi connectivity index (χ0v) is 13.4. The first kappa shape index (κ1) is 13.4. The molecule has 0 amide bonds. The summed E-state index contributed by atoms with van der Waals surface area (Å²) in [4.78, 5) is 22.8. The molecular formula is C17H12N2OS2. The van der Waals surface area contributed by atoms with Crippen LogP contribution in [0.3, 0.4) is 0 Å². The summed E-state index contributed by atoms with van der Waals surface area (Å²) in [5, 5.41) is 2.67. The van der Waals surface area contributed by atoms with E-state index in [1.807, 2.05) is 54.8 Å². The van der Waals surface area contributed by atoms with E-state index in [0.29, 0.717) is 11.2 Å². The van der Waals surface area contributed by atoms with Gasteiger partial charge in [0, 0.05) is 4.88 Å². The Morgan fingerprint density at radius 3 is 2.68 bits per heavy atom. The average molecular weight is 324 g/mol. The van der Waals surface area contributed by atoms with E-state index in [1.54, 1.807) is 22.7 Å². The summed E-state index contributed by atoms with van der Waals surface area (Å²) in [6.45, 7) is 2.03. The van der Waals surface area contributed by atoms with E-state index in [9.17, 15) is 4.79 Å². The van der Waals surface area contributed by atoms with Crippen LogP contribution in [0.1, 0.15) is 5.56 Å². The third kappa shape index (κ3) is 2.19. The predicted octanol–water partition coefficient (Wildman–Crippen LogP) is 4.69. The van der Waals surface area contributed by atoms with Crippen LogP contribution in [0.25, 0.3) is 31.4 Å². The van der Waals surface area contributed by atoms with Gasteiger partial charge in [0.25, 0.3) is 5.56 Å². The molecule has 0 aliphatic carbocycles. The molecule has 4 aromatic rings. The van der Waals surface area contributed by atoms with Crippen molar-refractivity contribution in [3.8, 4) is 21.1 Å². The van der Waals surface area contributed by atoms with Gasteiger partial charge >= 0.3 is 0 Å². The number of benzene rings is 1. The monoisotopic (exact) mass is 324 g/mol. The molecule has 0 fully saturated rings. The summed E-state index contributed by atoms with van der Waals surface area (Å²) in [6, 6.07) is 14.0. The lowest BCUT2D eigenvalue weighted by atomic mass is 10.2. The maximum absolute atomic E-state index is 12.4. The standard InChI is InChI=1S/C17H12N2OS2/c1-10-7-8-21-14(10)15-18-16(20)12-9-13(22-17(12)19-15)11-5-3-2-4-6-11/h2-9H,1H3,(H,18,19,20). The highest BCUT2D eigenvalue weighted by atomic mass is 32.1. The second-order valence-corrected chi connectivity index (χ2v) is 6.99. The molecule has 0 aliphatic rings. The van der Waals surface area contributed by atoms with Crippen LogP contribution in [-0.4, -0.2) is 9.97 Å². The highest BCUT2D eigenvalue weighted by molar-refractivity contribution is 7.21. The summed E-state index contributed by atoms with van der Waals surface area (Å²) >= 11 is 3.15. The van der Waals surface area contributed by atoms with Gasteiger partial charge in [-0.05, 0) is 35.6 Å². The second kappa shape index (κ2) is 5.19. The van der Waals surface area contributed by atoms with Gasteiger partial charge in [-0.2, -0.15) is 0 Å². The Balaban J connectivity index is 1.92. The Labute approximate surface area is 134 Å². The van der Waals surface area contributed by atoms with Crippen LogP contribution in [0.15, 0.2) is 52.6 Å². The van der Waals surface area contributed by atoms with E-state index < -0.39 is 0 Å². The van der Waals surface area contributed by atoms with E-state index in [2.05, 4.69) is 9.97 Å². The first-order valence-electron chi connectivity index (χ1n) is 6.86. The van der Waals surface area contributed by atoms with Gasteiger partial charge in [0.2, 0.25) is 0 Å². The Kier molecular flexibility index (Phi) is 3.17. The number of nitrogens with zero attached hydrogens (tertiary/aromatic N) is 1. The fourth-order valence-corrected chi connectivity index (χ4v) is 4.31. The molecule has 3 aromatic heterocycles. The van der Waals surface area contributed by atoms with Crippen molar-refractivity contribution in [3.63, 3.8) is 0 Å². The average Bonchev–Trinajstić information content (AvgIpc) is 3.14. The molecule has 1 aromatic carbocycles. The van der Waals surface area contributed by atoms with Crippen molar-refractivity contribution in [1.29, 1.82) is 0 Å². The molecule has 0 radical (unpaired) electrons. The zero-order chi connectivity index (χ0) is 15.1. The van der Waals surface area contributed by atoms with Crippen molar-refractivity contribution in [2.75, 3.05) is 0 Å². The lowest BCUT2D eigenvalue weighted by Gasteiger charge is -1.98. The van der Waals surface area contributed by atoms with E-state index in [0.717, 1.165) is 25.7 Å². The molecule has 3 heterocycles. The predicted molar refractivity (Wildman–Crippen MR) is 93.7 cm³/mol. The third-order valence-electron chi connectivity index (χ3n) is 3.54. The van der Waals surface area contributed by atoms with Crippen molar-refractivity contribution in [1.82, 2.24) is 9.97 Å². The van der Waals surface area contributed by atoms with E-state index in [4.69, 9.17) is 0 Å². The van der Waals surface area contributed by atoms with Crippen molar-refractivity contribution < 1.29 is 0 Å². The summed E-state index contributed by atoms with van der Waals surface area (Å²) in [5.41, 5.74) is 2.16. The number of H-pyrrole nitrogens is 1. The van der Waals surface area contributed by atoms with Gasteiger partial charge in [0.15, 0.2) is 5.82 Å². The lowest BCUT2D eigenvalue weighted by Crippen LogP contribution is -2.07. The van der Waals surface area contributed by atoms with Crippen LogP contribution in [0.4, 0.5) is 0 Å². The van der Waals surface area contributed by atoms with Crippen molar-refractivity contribution in [2.24, 2.45) is 0 Å². The summed E-state index contributed by atoms with van der Waals surface area (Å²) in [5.74, 6) is 0.659. The van der Waals surface area contributed by atoms with Crippen molar-refractivity contribution in [3.05, 3.63) is 63.8 Å². The number of aromatic amines is 1. The molecule has 5 heteroatoms. The second-order valence-electron chi connectivity index (χ2n) is 5.04. The van der Waals surface area contributed by atoms with Crippen LogP contribution in [0, 0.1) is 6.92 Å². The fourth-order valence-electron chi connectivity index (χ4n) is 2.40. The van der Waals surface area contributed by atoms with Gasteiger partial charge in [-0.25, -0.2) is 4.98 Å². The molecule has 0 unspecified atom stereocenters. The smallest absolute Gasteiger partial charge is 0.259 e. The fraction of sp³-hybridized carbons (Fsp3) is 0.0588. The number of hydrogen-bond donors (Lipinski definition) is 1. The maximum atomic E-state index is 12.4. The minimum atomic E-state index is -0.0776. The van der Waals surface area contributed by atoms with E-state index in [-0.39, 0.29) is 5.56 Å². The lowest BCUT2D eigenvalue weighted by molar-refractivity contribution is 1.19. The van der Waals surface area contributed by atoms with Crippen LogP contribution in [0.2, 0.25) is 0 Å². The van der Waals surface area contributed by atoms with Gasteiger partial charge in [0.1, 0.15) is 4.83 Å². The molecule has 108 valence electrons. The highest BCUT2D eigenvalue weighted by Crippen LogP contribution is 2.32. The van der Waals surface area contributed by atoms with Crippen molar-refractivity contribution >= 4 is 32.9 Å². The number of thiophene rings is 2. The number of hydrogen-bond acceptors (Lipinski definition) is 4. The molecule has 0 saturated heterocycles. The summed E-state index contributed by atoms with van der Waals surface area (Å²) < 4.78 is 0. The highest BCUT2D eigenvalue weighted by Gasteiger charge is 2.12.